The predicted octanol–water partition coefficient (Wildman–Crippen LogP) is 2.26. The van der Waals surface area contributed by atoms with Gasteiger partial charge in [0.15, 0.2) is 0 Å². The number of aliphatic hydroxyl groups excluding tert-OH is 1. The van der Waals surface area contributed by atoms with E-state index in [1.54, 1.807) is 13.1 Å². The van der Waals surface area contributed by atoms with Crippen molar-refractivity contribution in [3.05, 3.63) is 71.3 Å². The molecule has 2 aromatic carbocycles. The summed E-state index contributed by atoms with van der Waals surface area (Å²) in [6, 6.07) is 17.7. The fourth-order valence-electron chi connectivity index (χ4n) is 2.41. The lowest BCUT2D eigenvalue weighted by Crippen LogP contribution is -2.22. The number of benzene rings is 2. The maximum absolute atomic E-state index is 11.7. The van der Waals surface area contributed by atoms with Gasteiger partial charge in [0.1, 0.15) is 0 Å². The number of hydrogen-bond acceptors (Lipinski definition) is 3. The molecule has 0 fully saturated rings. The first-order chi connectivity index (χ1) is 10.7. The van der Waals surface area contributed by atoms with Crippen molar-refractivity contribution in [2.45, 2.75) is 19.0 Å². The topological polar surface area (TPSA) is 61.4 Å². The molecule has 1 amide bonds. The quantitative estimate of drug-likeness (QED) is 0.735. The van der Waals surface area contributed by atoms with Crippen LogP contribution in [0, 0.1) is 0 Å². The van der Waals surface area contributed by atoms with Crippen LogP contribution in [0.15, 0.2) is 54.6 Å². The Balaban J connectivity index is 2.05. The third kappa shape index (κ3) is 4.41. The Labute approximate surface area is 131 Å². The van der Waals surface area contributed by atoms with Crippen LogP contribution in [0.5, 0.6) is 0 Å². The molecular weight excluding hydrogens is 276 g/mol. The van der Waals surface area contributed by atoms with Crippen LogP contribution < -0.4 is 10.6 Å². The summed E-state index contributed by atoms with van der Waals surface area (Å²) in [5.41, 5.74) is 2.85. The van der Waals surface area contributed by atoms with Crippen LogP contribution in [0.4, 0.5) is 0 Å². The second kappa shape index (κ2) is 8.32. The molecule has 4 heteroatoms. The SMILES string of the molecule is CNC(=O)c1cccc(CNC(CCO)c2ccccc2)c1. The number of carbonyl (C=O) groups is 1. The van der Waals surface area contributed by atoms with Crippen molar-refractivity contribution in [1.29, 1.82) is 0 Å². The average molecular weight is 298 g/mol. The van der Waals surface area contributed by atoms with Crippen LogP contribution in [0.2, 0.25) is 0 Å². The predicted molar refractivity (Wildman–Crippen MR) is 87.6 cm³/mol. The van der Waals surface area contributed by atoms with Gasteiger partial charge in [-0.25, -0.2) is 0 Å². The monoisotopic (exact) mass is 298 g/mol. The molecule has 3 N–H and O–H groups in total. The van der Waals surface area contributed by atoms with Crippen LogP contribution in [0.3, 0.4) is 0 Å². The van der Waals surface area contributed by atoms with Crippen molar-refractivity contribution in [1.82, 2.24) is 10.6 Å². The van der Waals surface area contributed by atoms with Crippen molar-refractivity contribution in [3.63, 3.8) is 0 Å². The van der Waals surface area contributed by atoms with Gasteiger partial charge < -0.3 is 15.7 Å². The molecule has 4 nitrogen and oxygen atoms in total. The summed E-state index contributed by atoms with van der Waals surface area (Å²) in [5, 5.41) is 15.3. The maximum atomic E-state index is 11.7. The van der Waals surface area contributed by atoms with Gasteiger partial charge in [-0.2, -0.15) is 0 Å². The first-order valence-corrected chi connectivity index (χ1v) is 7.45. The zero-order valence-corrected chi connectivity index (χ0v) is 12.8. The molecule has 0 aliphatic heterocycles. The van der Waals surface area contributed by atoms with Gasteiger partial charge in [0, 0.05) is 31.8 Å². The zero-order chi connectivity index (χ0) is 15.8. The Bertz CT molecular complexity index is 599. The molecule has 0 saturated carbocycles. The van der Waals surface area contributed by atoms with Crippen molar-refractivity contribution in [2.24, 2.45) is 0 Å². The average Bonchev–Trinajstić information content (AvgIpc) is 2.59. The minimum Gasteiger partial charge on any atom is -0.396 e. The number of aliphatic hydroxyl groups is 1. The zero-order valence-electron chi connectivity index (χ0n) is 12.8. The van der Waals surface area contributed by atoms with Crippen molar-refractivity contribution >= 4 is 5.91 Å². The van der Waals surface area contributed by atoms with Crippen molar-refractivity contribution < 1.29 is 9.90 Å². The van der Waals surface area contributed by atoms with E-state index in [9.17, 15) is 9.90 Å². The molecule has 1 atom stereocenters. The van der Waals surface area contributed by atoms with Crippen LogP contribution in [0.1, 0.15) is 33.9 Å². The smallest absolute Gasteiger partial charge is 0.251 e. The molecule has 116 valence electrons. The lowest BCUT2D eigenvalue weighted by molar-refractivity contribution is 0.0963. The molecule has 0 aliphatic rings. The number of amides is 1. The highest BCUT2D eigenvalue weighted by molar-refractivity contribution is 5.94. The van der Waals surface area contributed by atoms with E-state index in [2.05, 4.69) is 10.6 Å². The lowest BCUT2D eigenvalue weighted by Gasteiger charge is -2.18. The molecule has 0 aromatic heterocycles. The van der Waals surface area contributed by atoms with Crippen LogP contribution in [-0.2, 0) is 6.54 Å². The van der Waals surface area contributed by atoms with Gasteiger partial charge in [0.2, 0.25) is 0 Å². The lowest BCUT2D eigenvalue weighted by atomic mass is 10.0. The van der Waals surface area contributed by atoms with Gasteiger partial charge in [0.25, 0.3) is 5.91 Å². The van der Waals surface area contributed by atoms with E-state index in [4.69, 9.17) is 0 Å². The highest BCUT2D eigenvalue weighted by atomic mass is 16.3. The van der Waals surface area contributed by atoms with Crippen LogP contribution >= 0.6 is 0 Å². The molecule has 2 aromatic rings. The van der Waals surface area contributed by atoms with Crippen molar-refractivity contribution in [3.8, 4) is 0 Å². The van der Waals surface area contributed by atoms with E-state index in [1.807, 2.05) is 48.5 Å². The maximum Gasteiger partial charge on any atom is 0.251 e. The highest BCUT2D eigenvalue weighted by Crippen LogP contribution is 2.17. The molecule has 2 rings (SSSR count). The number of hydrogen-bond donors (Lipinski definition) is 3. The molecular formula is C18H22N2O2. The minimum absolute atomic E-state index is 0.0863. The molecule has 0 radical (unpaired) electrons. The molecule has 0 bridgehead atoms. The normalized spacial score (nSPS) is 11.9. The Hall–Kier alpha value is -2.17. The van der Waals surface area contributed by atoms with E-state index in [-0.39, 0.29) is 18.6 Å². The van der Waals surface area contributed by atoms with Gasteiger partial charge in [-0.05, 0) is 29.7 Å². The Kier molecular flexibility index (Phi) is 6.13. The highest BCUT2D eigenvalue weighted by Gasteiger charge is 2.10. The molecule has 22 heavy (non-hydrogen) atoms. The summed E-state index contributed by atoms with van der Waals surface area (Å²) in [6.45, 7) is 0.773. The van der Waals surface area contributed by atoms with Crippen molar-refractivity contribution in [2.75, 3.05) is 13.7 Å². The standard InChI is InChI=1S/C18H22N2O2/c1-19-18(22)16-9-5-6-14(12-16)13-20-17(10-11-21)15-7-3-2-4-8-15/h2-9,12,17,20-21H,10-11,13H2,1H3,(H,19,22). The van der Waals surface area contributed by atoms with E-state index in [0.717, 1.165) is 11.1 Å². The second-order valence-electron chi connectivity index (χ2n) is 5.14. The van der Waals surface area contributed by atoms with Gasteiger partial charge in [-0.15, -0.1) is 0 Å². The Morgan fingerprint density at radius 3 is 2.59 bits per heavy atom. The third-order valence-corrected chi connectivity index (χ3v) is 3.59. The fourth-order valence-corrected chi connectivity index (χ4v) is 2.41. The molecule has 0 aliphatic carbocycles. The summed E-state index contributed by atoms with van der Waals surface area (Å²) in [6.07, 6.45) is 0.652. The summed E-state index contributed by atoms with van der Waals surface area (Å²) in [4.78, 5) is 11.7. The van der Waals surface area contributed by atoms with E-state index < -0.39 is 0 Å². The summed E-state index contributed by atoms with van der Waals surface area (Å²) in [5.74, 6) is -0.0863. The molecule has 1 unspecified atom stereocenters. The number of carbonyl (C=O) groups excluding carboxylic acids is 1. The first-order valence-electron chi connectivity index (χ1n) is 7.45. The Morgan fingerprint density at radius 2 is 1.91 bits per heavy atom. The minimum atomic E-state index is -0.0863. The van der Waals surface area contributed by atoms with Gasteiger partial charge in [-0.1, -0.05) is 42.5 Å². The summed E-state index contributed by atoms with van der Waals surface area (Å²) in [7, 11) is 1.62. The van der Waals surface area contributed by atoms with Crippen LogP contribution in [-0.4, -0.2) is 24.7 Å². The second-order valence-corrected chi connectivity index (χ2v) is 5.14. The molecule has 0 heterocycles. The summed E-state index contributed by atoms with van der Waals surface area (Å²) < 4.78 is 0. The number of rotatable bonds is 7. The molecule has 0 saturated heterocycles. The number of nitrogens with one attached hydrogen (secondary N) is 2. The largest absolute Gasteiger partial charge is 0.396 e. The molecule has 0 spiro atoms. The van der Waals surface area contributed by atoms with Crippen LogP contribution in [0.25, 0.3) is 0 Å². The van der Waals surface area contributed by atoms with E-state index >= 15 is 0 Å². The van der Waals surface area contributed by atoms with E-state index in [1.165, 1.54) is 0 Å². The Morgan fingerprint density at radius 1 is 1.14 bits per heavy atom. The van der Waals surface area contributed by atoms with Gasteiger partial charge in [0.05, 0.1) is 0 Å². The summed E-state index contributed by atoms with van der Waals surface area (Å²) >= 11 is 0. The van der Waals surface area contributed by atoms with E-state index in [0.29, 0.717) is 18.5 Å². The van der Waals surface area contributed by atoms with Gasteiger partial charge in [-0.3, -0.25) is 4.79 Å². The third-order valence-electron chi connectivity index (χ3n) is 3.59. The first kappa shape index (κ1) is 16.2. The van der Waals surface area contributed by atoms with Gasteiger partial charge >= 0.3 is 0 Å². The fraction of sp³-hybridized carbons (Fsp3) is 0.278.